The molecule has 0 aromatic carbocycles. The van der Waals surface area contributed by atoms with E-state index < -0.39 is 0 Å². The Bertz CT molecular complexity index is 268. The number of hydrogen-bond acceptors (Lipinski definition) is 3. The van der Waals surface area contributed by atoms with Gasteiger partial charge in [0, 0.05) is 0 Å². The first kappa shape index (κ1) is 11.3. The minimum absolute atomic E-state index is 0.145. The SMILES string of the molecule is CNC(COC(C)C)c1ccc(C)o1. The molecule has 1 N–H and O–H groups in total. The zero-order valence-electron chi connectivity index (χ0n) is 9.33. The summed E-state index contributed by atoms with van der Waals surface area (Å²) < 4.78 is 11.1. The van der Waals surface area contributed by atoms with Crippen LogP contribution in [0.25, 0.3) is 0 Å². The molecule has 1 aromatic rings. The fraction of sp³-hybridized carbons (Fsp3) is 0.636. The predicted molar refractivity (Wildman–Crippen MR) is 56.3 cm³/mol. The van der Waals surface area contributed by atoms with Gasteiger partial charge in [-0.15, -0.1) is 0 Å². The Morgan fingerprint density at radius 3 is 2.57 bits per heavy atom. The summed E-state index contributed by atoms with van der Waals surface area (Å²) in [6.45, 7) is 6.64. The zero-order valence-corrected chi connectivity index (χ0v) is 9.33. The molecule has 3 heteroatoms. The predicted octanol–water partition coefficient (Wildman–Crippen LogP) is 2.27. The summed E-state index contributed by atoms with van der Waals surface area (Å²) in [5, 5.41) is 3.17. The molecule has 3 nitrogen and oxygen atoms in total. The van der Waals surface area contributed by atoms with Gasteiger partial charge in [-0.3, -0.25) is 0 Å². The fourth-order valence-corrected chi connectivity index (χ4v) is 1.24. The number of rotatable bonds is 5. The van der Waals surface area contributed by atoms with E-state index in [1.807, 2.05) is 40.0 Å². The van der Waals surface area contributed by atoms with E-state index in [-0.39, 0.29) is 12.1 Å². The van der Waals surface area contributed by atoms with Crippen LogP contribution in [0, 0.1) is 6.92 Å². The lowest BCUT2D eigenvalue weighted by Gasteiger charge is -2.15. The minimum Gasteiger partial charge on any atom is -0.465 e. The maximum Gasteiger partial charge on any atom is 0.123 e. The van der Waals surface area contributed by atoms with Crippen LogP contribution < -0.4 is 5.32 Å². The molecular weight excluding hydrogens is 178 g/mol. The number of likely N-dealkylation sites (N-methyl/N-ethyl adjacent to an activating group) is 1. The van der Waals surface area contributed by atoms with Crippen molar-refractivity contribution >= 4 is 0 Å². The van der Waals surface area contributed by atoms with Crippen molar-refractivity contribution in [2.75, 3.05) is 13.7 Å². The molecule has 0 spiro atoms. The van der Waals surface area contributed by atoms with E-state index in [9.17, 15) is 0 Å². The lowest BCUT2D eigenvalue weighted by atomic mass is 10.2. The molecule has 0 fully saturated rings. The van der Waals surface area contributed by atoms with Crippen molar-refractivity contribution < 1.29 is 9.15 Å². The molecule has 0 amide bonds. The monoisotopic (exact) mass is 197 g/mol. The van der Waals surface area contributed by atoms with Crippen LogP contribution in [-0.2, 0) is 4.74 Å². The first-order valence-electron chi connectivity index (χ1n) is 4.98. The van der Waals surface area contributed by atoms with E-state index in [1.165, 1.54) is 0 Å². The van der Waals surface area contributed by atoms with E-state index in [1.54, 1.807) is 0 Å². The summed E-state index contributed by atoms with van der Waals surface area (Å²) >= 11 is 0. The first-order valence-corrected chi connectivity index (χ1v) is 4.98. The van der Waals surface area contributed by atoms with Gasteiger partial charge >= 0.3 is 0 Å². The normalized spacial score (nSPS) is 13.5. The molecule has 0 aliphatic rings. The summed E-state index contributed by atoms with van der Waals surface area (Å²) in [7, 11) is 1.91. The van der Waals surface area contributed by atoms with E-state index in [4.69, 9.17) is 9.15 Å². The quantitative estimate of drug-likeness (QED) is 0.786. The van der Waals surface area contributed by atoms with Gasteiger partial charge in [-0.2, -0.15) is 0 Å². The van der Waals surface area contributed by atoms with Crippen molar-refractivity contribution in [2.45, 2.75) is 32.9 Å². The second kappa shape index (κ2) is 5.17. The summed E-state index contributed by atoms with van der Waals surface area (Å²) in [5.41, 5.74) is 0. The van der Waals surface area contributed by atoms with Crippen molar-refractivity contribution in [1.29, 1.82) is 0 Å². The Balaban J connectivity index is 2.54. The van der Waals surface area contributed by atoms with Crippen LogP contribution in [-0.4, -0.2) is 19.8 Å². The highest BCUT2D eigenvalue weighted by molar-refractivity contribution is 5.09. The van der Waals surface area contributed by atoms with Crippen LogP contribution >= 0.6 is 0 Å². The zero-order chi connectivity index (χ0) is 10.6. The standard InChI is InChI=1S/C11H19NO2/c1-8(2)13-7-10(12-4)11-6-5-9(3)14-11/h5-6,8,10,12H,7H2,1-4H3. The molecule has 0 aliphatic heterocycles. The van der Waals surface area contributed by atoms with E-state index in [0.29, 0.717) is 6.61 Å². The Labute approximate surface area is 85.4 Å². The van der Waals surface area contributed by atoms with Gasteiger partial charge in [0.2, 0.25) is 0 Å². The lowest BCUT2D eigenvalue weighted by molar-refractivity contribution is 0.0583. The number of ether oxygens (including phenoxy) is 1. The molecule has 0 radical (unpaired) electrons. The molecule has 0 aliphatic carbocycles. The Morgan fingerprint density at radius 2 is 2.14 bits per heavy atom. The second-order valence-corrected chi connectivity index (χ2v) is 3.67. The highest BCUT2D eigenvalue weighted by Crippen LogP contribution is 2.16. The number of nitrogens with one attached hydrogen (secondary N) is 1. The molecule has 14 heavy (non-hydrogen) atoms. The Hall–Kier alpha value is -0.800. The fourth-order valence-electron chi connectivity index (χ4n) is 1.24. The maximum atomic E-state index is 5.54. The third kappa shape index (κ3) is 3.16. The molecule has 80 valence electrons. The molecule has 0 saturated carbocycles. The van der Waals surface area contributed by atoms with Gasteiger partial charge in [-0.1, -0.05) is 0 Å². The first-order chi connectivity index (χ1) is 6.63. The van der Waals surface area contributed by atoms with E-state index >= 15 is 0 Å². The van der Waals surface area contributed by atoms with E-state index in [2.05, 4.69) is 5.32 Å². The third-order valence-corrected chi connectivity index (χ3v) is 2.05. The minimum atomic E-state index is 0.145. The highest BCUT2D eigenvalue weighted by atomic mass is 16.5. The molecule has 1 unspecified atom stereocenters. The topological polar surface area (TPSA) is 34.4 Å². The van der Waals surface area contributed by atoms with Crippen molar-refractivity contribution in [2.24, 2.45) is 0 Å². The third-order valence-electron chi connectivity index (χ3n) is 2.05. The Kier molecular flexibility index (Phi) is 4.17. The van der Waals surface area contributed by atoms with Gasteiger partial charge in [-0.25, -0.2) is 0 Å². The van der Waals surface area contributed by atoms with Crippen LogP contribution in [0.4, 0.5) is 0 Å². The number of furan rings is 1. The van der Waals surface area contributed by atoms with Crippen LogP contribution in [0.1, 0.15) is 31.4 Å². The summed E-state index contributed by atoms with van der Waals surface area (Å²) in [4.78, 5) is 0. The molecule has 1 heterocycles. The number of aryl methyl sites for hydroxylation is 1. The van der Waals surface area contributed by atoms with Gasteiger partial charge < -0.3 is 14.5 Å². The average molecular weight is 197 g/mol. The molecule has 1 rings (SSSR count). The van der Waals surface area contributed by atoms with Gasteiger partial charge in [0.25, 0.3) is 0 Å². The van der Waals surface area contributed by atoms with Gasteiger partial charge in [0.1, 0.15) is 11.5 Å². The van der Waals surface area contributed by atoms with Crippen molar-refractivity contribution in [3.8, 4) is 0 Å². The Morgan fingerprint density at radius 1 is 1.43 bits per heavy atom. The van der Waals surface area contributed by atoms with Crippen LogP contribution in [0.3, 0.4) is 0 Å². The lowest BCUT2D eigenvalue weighted by Crippen LogP contribution is -2.23. The van der Waals surface area contributed by atoms with Crippen LogP contribution in [0.5, 0.6) is 0 Å². The maximum absolute atomic E-state index is 5.54. The van der Waals surface area contributed by atoms with Crippen LogP contribution in [0.15, 0.2) is 16.5 Å². The molecule has 0 saturated heterocycles. The number of hydrogen-bond donors (Lipinski definition) is 1. The molecular formula is C11H19NO2. The van der Waals surface area contributed by atoms with E-state index in [0.717, 1.165) is 11.5 Å². The molecule has 1 atom stereocenters. The smallest absolute Gasteiger partial charge is 0.123 e. The van der Waals surface area contributed by atoms with Crippen molar-refractivity contribution in [1.82, 2.24) is 5.32 Å². The van der Waals surface area contributed by atoms with Gasteiger partial charge in [-0.05, 0) is 40.0 Å². The highest BCUT2D eigenvalue weighted by Gasteiger charge is 2.13. The summed E-state index contributed by atoms with van der Waals surface area (Å²) in [6.07, 6.45) is 0.252. The molecule has 1 aromatic heterocycles. The largest absolute Gasteiger partial charge is 0.465 e. The van der Waals surface area contributed by atoms with Crippen molar-refractivity contribution in [3.63, 3.8) is 0 Å². The van der Waals surface area contributed by atoms with Gasteiger partial charge in [0.05, 0.1) is 18.8 Å². The summed E-state index contributed by atoms with van der Waals surface area (Å²) in [5.74, 6) is 1.87. The second-order valence-electron chi connectivity index (χ2n) is 3.67. The summed E-state index contributed by atoms with van der Waals surface area (Å²) in [6, 6.07) is 4.10. The van der Waals surface area contributed by atoms with Crippen molar-refractivity contribution in [3.05, 3.63) is 23.7 Å². The molecule has 0 bridgehead atoms. The van der Waals surface area contributed by atoms with Crippen LogP contribution in [0.2, 0.25) is 0 Å². The van der Waals surface area contributed by atoms with Gasteiger partial charge in [0.15, 0.2) is 0 Å². The average Bonchev–Trinajstić information content (AvgIpc) is 2.53.